The van der Waals surface area contributed by atoms with Gasteiger partial charge < -0.3 is 14.5 Å². The van der Waals surface area contributed by atoms with E-state index in [9.17, 15) is 8.42 Å². The lowest BCUT2D eigenvalue weighted by atomic mass is 10.2. The monoisotopic (exact) mass is 316 g/mol. The highest BCUT2D eigenvalue weighted by Crippen LogP contribution is 2.22. The van der Waals surface area contributed by atoms with Crippen molar-refractivity contribution in [2.75, 3.05) is 20.3 Å². The number of hydrogen-bond donors (Lipinski definition) is 2. The second-order valence-electron chi connectivity index (χ2n) is 5.70. The van der Waals surface area contributed by atoms with E-state index < -0.39 is 10.0 Å². The van der Waals surface area contributed by atoms with E-state index in [1.54, 1.807) is 20.1 Å². The molecule has 1 aromatic rings. The van der Waals surface area contributed by atoms with E-state index >= 15 is 0 Å². The molecular weight excluding hydrogens is 292 g/mol. The minimum atomic E-state index is -3.53. The third-order valence-electron chi connectivity index (χ3n) is 3.43. The predicted octanol–water partition coefficient (Wildman–Crippen LogP) is 1.40. The molecule has 0 aliphatic heterocycles. The van der Waals surface area contributed by atoms with Gasteiger partial charge >= 0.3 is 0 Å². The van der Waals surface area contributed by atoms with Crippen LogP contribution in [-0.2, 0) is 21.3 Å². The molecule has 1 unspecified atom stereocenters. The van der Waals surface area contributed by atoms with Gasteiger partial charge in [0.2, 0.25) is 10.0 Å². The normalized spacial score (nSPS) is 17.1. The molecule has 2 rings (SSSR count). The van der Waals surface area contributed by atoms with E-state index in [2.05, 4.69) is 10.0 Å². The Hall–Kier alpha value is -0.890. The van der Waals surface area contributed by atoms with Crippen molar-refractivity contribution < 1.29 is 17.6 Å². The van der Waals surface area contributed by atoms with Crippen molar-refractivity contribution in [1.29, 1.82) is 0 Å². The average Bonchev–Trinajstić information content (AvgIpc) is 3.17. The van der Waals surface area contributed by atoms with Gasteiger partial charge in [0.05, 0.1) is 6.54 Å². The van der Waals surface area contributed by atoms with Crippen LogP contribution in [0.4, 0.5) is 0 Å². The number of methoxy groups -OCH3 is 1. The van der Waals surface area contributed by atoms with Gasteiger partial charge in [-0.25, -0.2) is 13.1 Å². The van der Waals surface area contributed by atoms with Gasteiger partial charge in [-0.3, -0.25) is 0 Å². The van der Waals surface area contributed by atoms with E-state index in [0.29, 0.717) is 37.3 Å². The Balaban J connectivity index is 1.97. The number of hydrogen-bond acceptors (Lipinski definition) is 5. The van der Waals surface area contributed by atoms with E-state index in [-0.39, 0.29) is 10.8 Å². The van der Waals surface area contributed by atoms with Crippen LogP contribution in [0, 0.1) is 12.8 Å². The fourth-order valence-corrected chi connectivity index (χ4v) is 3.45. The number of rotatable bonds is 9. The molecule has 0 saturated heterocycles. The van der Waals surface area contributed by atoms with Gasteiger partial charge in [0, 0.05) is 32.4 Å². The molecule has 0 aromatic carbocycles. The first-order valence-corrected chi connectivity index (χ1v) is 8.72. The number of aryl methyl sites for hydroxylation is 1. The van der Waals surface area contributed by atoms with Crippen LogP contribution in [0.5, 0.6) is 0 Å². The molecule has 7 heteroatoms. The third-order valence-corrected chi connectivity index (χ3v) is 4.96. The summed E-state index contributed by atoms with van der Waals surface area (Å²) in [5.74, 6) is 1.20. The maximum absolute atomic E-state index is 12.3. The molecule has 21 heavy (non-hydrogen) atoms. The SMILES string of the molecule is COCC(C)CNS(=O)(=O)c1cc(CNC2CC2)oc1C. The Morgan fingerprint density at radius 3 is 2.81 bits per heavy atom. The zero-order valence-electron chi connectivity index (χ0n) is 12.8. The van der Waals surface area contributed by atoms with E-state index in [4.69, 9.17) is 9.15 Å². The van der Waals surface area contributed by atoms with Gasteiger partial charge in [0.1, 0.15) is 16.4 Å². The van der Waals surface area contributed by atoms with E-state index in [1.807, 2.05) is 6.92 Å². The Kier molecular flexibility index (Phi) is 5.43. The van der Waals surface area contributed by atoms with Crippen LogP contribution >= 0.6 is 0 Å². The van der Waals surface area contributed by atoms with Gasteiger partial charge in [-0.1, -0.05) is 6.92 Å². The minimum Gasteiger partial charge on any atom is -0.464 e. The summed E-state index contributed by atoms with van der Waals surface area (Å²) in [6, 6.07) is 2.16. The van der Waals surface area contributed by atoms with Crippen molar-refractivity contribution in [2.24, 2.45) is 5.92 Å². The van der Waals surface area contributed by atoms with Crippen LogP contribution in [0.25, 0.3) is 0 Å². The molecule has 1 heterocycles. The number of furan rings is 1. The van der Waals surface area contributed by atoms with Crippen molar-refractivity contribution in [3.05, 3.63) is 17.6 Å². The predicted molar refractivity (Wildman–Crippen MR) is 79.5 cm³/mol. The standard InChI is InChI=1S/C14H24N2O4S/c1-10(9-19-3)7-16-21(17,18)14-6-13(20-11(14)2)8-15-12-4-5-12/h6,10,12,15-16H,4-5,7-9H2,1-3H3. The lowest BCUT2D eigenvalue weighted by Gasteiger charge is -2.11. The molecule has 0 amide bonds. The number of nitrogens with one attached hydrogen (secondary N) is 2. The smallest absolute Gasteiger partial charge is 0.244 e. The van der Waals surface area contributed by atoms with Gasteiger partial charge in [-0.05, 0) is 25.7 Å². The molecule has 1 aliphatic carbocycles. The molecule has 0 radical (unpaired) electrons. The van der Waals surface area contributed by atoms with Crippen molar-refractivity contribution in [1.82, 2.24) is 10.0 Å². The summed E-state index contributed by atoms with van der Waals surface area (Å²) in [6.07, 6.45) is 2.37. The quantitative estimate of drug-likeness (QED) is 0.720. The Bertz CT molecular complexity index is 564. The van der Waals surface area contributed by atoms with Gasteiger partial charge in [-0.2, -0.15) is 0 Å². The average molecular weight is 316 g/mol. The molecule has 1 aromatic heterocycles. The fraction of sp³-hybridized carbons (Fsp3) is 0.714. The summed E-state index contributed by atoms with van der Waals surface area (Å²) in [5.41, 5.74) is 0. The maximum atomic E-state index is 12.3. The Morgan fingerprint density at radius 1 is 1.48 bits per heavy atom. The summed E-state index contributed by atoms with van der Waals surface area (Å²) in [6.45, 7) is 5.04. The van der Waals surface area contributed by atoms with Crippen LogP contribution in [0.2, 0.25) is 0 Å². The lowest BCUT2D eigenvalue weighted by Crippen LogP contribution is -2.30. The van der Waals surface area contributed by atoms with Crippen molar-refractivity contribution in [2.45, 2.75) is 44.2 Å². The van der Waals surface area contributed by atoms with Crippen LogP contribution in [-0.4, -0.2) is 34.7 Å². The highest BCUT2D eigenvalue weighted by Gasteiger charge is 2.24. The molecular formula is C14H24N2O4S. The largest absolute Gasteiger partial charge is 0.464 e. The van der Waals surface area contributed by atoms with Crippen LogP contribution < -0.4 is 10.0 Å². The molecule has 1 atom stereocenters. The fourth-order valence-electron chi connectivity index (χ4n) is 2.08. The van der Waals surface area contributed by atoms with Crippen molar-refractivity contribution in [3.8, 4) is 0 Å². The maximum Gasteiger partial charge on any atom is 0.244 e. The van der Waals surface area contributed by atoms with E-state index in [0.717, 1.165) is 0 Å². The molecule has 1 aliphatic rings. The number of ether oxygens (including phenoxy) is 1. The summed E-state index contributed by atoms with van der Waals surface area (Å²) in [7, 11) is -1.93. The van der Waals surface area contributed by atoms with Gasteiger partial charge in [0.15, 0.2) is 0 Å². The summed E-state index contributed by atoms with van der Waals surface area (Å²) in [4.78, 5) is 0.222. The molecule has 1 saturated carbocycles. The molecule has 2 N–H and O–H groups in total. The first-order chi connectivity index (χ1) is 9.92. The van der Waals surface area contributed by atoms with E-state index in [1.165, 1.54) is 12.8 Å². The second-order valence-corrected chi connectivity index (χ2v) is 7.44. The minimum absolute atomic E-state index is 0.119. The first-order valence-electron chi connectivity index (χ1n) is 7.23. The summed E-state index contributed by atoms with van der Waals surface area (Å²) in [5, 5.41) is 3.31. The third kappa shape index (κ3) is 4.81. The zero-order chi connectivity index (χ0) is 15.5. The van der Waals surface area contributed by atoms with Crippen LogP contribution in [0.3, 0.4) is 0 Å². The van der Waals surface area contributed by atoms with Gasteiger partial charge in [0.25, 0.3) is 0 Å². The molecule has 0 bridgehead atoms. The first kappa shape index (κ1) is 16.5. The molecule has 6 nitrogen and oxygen atoms in total. The topological polar surface area (TPSA) is 80.6 Å². The summed E-state index contributed by atoms with van der Waals surface area (Å²) < 4.78 is 37.7. The van der Waals surface area contributed by atoms with Gasteiger partial charge in [-0.15, -0.1) is 0 Å². The lowest BCUT2D eigenvalue weighted by molar-refractivity contribution is 0.161. The zero-order valence-corrected chi connectivity index (χ0v) is 13.6. The Morgan fingerprint density at radius 2 is 2.19 bits per heavy atom. The molecule has 0 spiro atoms. The molecule has 120 valence electrons. The van der Waals surface area contributed by atoms with Crippen LogP contribution in [0.1, 0.15) is 31.3 Å². The summed E-state index contributed by atoms with van der Waals surface area (Å²) >= 11 is 0. The highest BCUT2D eigenvalue weighted by atomic mass is 32.2. The van der Waals surface area contributed by atoms with Crippen molar-refractivity contribution in [3.63, 3.8) is 0 Å². The Labute approximate surface area is 126 Å². The highest BCUT2D eigenvalue weighted by molar-refractivity contribution is 7.89. The van der Waals surface area contributed by atoms with Crippen molar-refractivity contribution >= 4 is 10.0 Å². The van der Waals surface area contributed by atoms with Crippen LogP contribution in [0.15, 0.2) is 15.4 Å². The molecule has 1 fully saturated rings. The second kappa shape index (κ2) is 6.91. The number of sulfonamides is 1.